The van der Waals surface area contributed by atoms with Crippen molar-refractivity contribution in [2.75, 3.05) is 31.8 Å². The Bertz CT molecular complexity index is 2290. The lowest BCUT2D eigenvalue weighted by atomic mass is 9.95. The fourth-order valence-corrected chi connectivity index (χ4v) is 5.58. The summed E-state index contributed by atoms with van der Waals surface area (Å²) in [4.78, 5) is 25.4. The number of aromatic nitrogens is 3. The smallest absolute Gasteiger partial charge is 0.255 e. The molecule has 0 fully saturated rings. The quantitative estimate of drug-likeness (QED) is 0.237. The summed E-state index contributed by atoms with van der Waals surface area (Å²) in [5, 5.41) is 13.0. The van der Waals surface area contributed by atoms with Gasteiger partial charge in [0.15, 0.2) is 5.65 Å². The lowest BCUT2D eigenvalue weighted by Crippen LogP contribution is -2.25. The molecule has 0 aliphatic rings. The third-order valence-electron chi connectivity index (χ3n) is 7.38. The molecule has 3 heterocycles. The number of hydrogen-bond donors (Lipinski definition) is 2. The van der Waals surface area contributed by atoms with Gasteiger partial charge in [0.05, 0.1) is 41.8 Å². The highest BCUT2D eigenvalue weighted by Gasteiger charge is 2.26. The molecule has 0 spiro atoms. The Hall–Kier alpha value is -5.74. The third kappa shape index (κ3) is 5.32. The second kappa shape index (κ2) is 11.1. The summed E-state index contributed by atoms with van der Waals surface area (Å²) >= 11 is 0. The molecular weight excluding hydrogens is 599 g/mol. The van der Waals surface area contributed by atoms with Gasteiger partial charge in [0.2, 0.25) is 15.9 Å². The molecule has 3 aromatic heterocycles. The number of benzene rings is 3. The van der Waals surface area contributed by atoms with E-state index in [1.807, 2.05) is 0 Å². The Labute approximate surface area is 257 Å². The molecule has 0 saturated carbocycles. The third-order valence-corrected chi connectivity index (χ3v) is 8.57. The number of halogens is 1. The minimum absolute atomic E-state index is 0.183. The van der Waals surface area contributed by atoms with Crippen LogP contribution in [-0.2, 0) is 10.0 Å². The molecule has 0 atom stereocenters. The Balaban J connectivity index is 1.63. The number of amides is 1. The Morgan fingerprint density at radius 2 is 1.78 bits per heavy atom. The number of ether oxygens (including phenoxy) is 1. The number of nitrogens with one attached hydrogen (secondary N) is 2. The molecule has 0 unspecified atom stereocenters. The summed E-state index contributed by atoms with van der Waals surface area (Å²) in [5.41, 5.74) is 3.88. The molecule has 0 saturated heterocycles. The van der Waals surface area contributed by atoms with E-state index in [4.69, 9.17) is 9.15 Å². The van der Waals surface area contributed by atoms with Crippen LogP contribution in [0, 0.1) is 17.1 Å². The molecule has 11 nitrogen and oxygen atoms in total. The van der Waals surface area contributed by atoms with Crippen molar-refractivity contribution < 1.29 is 26.8 Å². The molecular formula is C32H25FN6O5S. The summed E-state index contributed by atoms with van der Waals surface area (Å²) in [6.45, 7) is 0. The number of sulfonamides is 1. The van der Waals surface area contributed by atoms with Crippen LogP contribution in [-0.4, -0.2) is 56.7 Å². The van der Waals surface area contributed by atoms with Gasteiger partial charge in [0, 0.05) is 48.3 Å². The number of furan rings is 1. The molecule has 0 aliphatic heterocycles. The van der Waals surface area contributed by atoms with Crippen LogP contribution < -0.4 is 14.4 Å². The molecule has 226 valence electrons. The second-order valence-electron chi connectivity index (χ2n) is 10.2. The SMILES string of the molecule is CNC(=O)c1c(-c2ccc(F)cc2)oc2cc(N(C)S(C)(=O)=O)c(-c3cc(C#N)cc(-c4nc5nc(OC)ccc5[nH]4)c3)cc12. The number of nitriles is 1. The van der Waals surface area contributed by atoms with Gasteiger partial charge in [-0.15, -0.1) is 0 Å². The van der Waals surface area contributed by atoms with Gasteiger partial charge in [-0.1, -0.05) is 0 Å². The first-order valence-electron chi connectivity index (χ1n) is 13.5. The first-order valence-corrected chi connectivity index (χ1v) is 15.3. The number of fused-ring (bicyclic) bond motifs is 2. The van der Waals surface area contributed by atoms with E-state index in [0.717, 1.165) is 10.6 Å². The Morgan fingerprint density at radius 3 is 2.44 bits per heavy atom. The van der Waals surface area contributed by atoms with E-state index >= 15 is 0 Å². The van der Waals surface area contributed by atoms with Crippen LogP contribution in [0.1, 0.15) is 15.9 Å². The number of carbonyl (C=O) groups excluding carboxylic acids is 1. The van der Waals surface area contributed by atoms with Crippen molar-refractivity contribution in [3.05, 3.63) is 83.7 Å². The van der Waals surface area contributed by atoms with E-state index in [2.05, 4.69) is 26.3 Å². The van der Waals surface area contributed by atoms with E-state index in [9.17, 15) is 22.9 Å². The summed E-state index contributed by atoms with van der Waals surface area (Å²) < 4.78 is 51.8. The zero-order chi connectivity index (χ0) is 32.0. The second-order valence-corrected chi connectivity index (χ2v) is 12.2. The normalized spacial score (nSPS) is 11.5. The van der Waals surface area contributed by atoms with Gasteiger partial charge in [0.1, 0.15) is 23.0 Å². The monoisotopic (exact) mass is 624 g/mol. The maximum Gasteiger partial charge on any atom is 0.255 e. The topological polar surface area (TPSA) is 154 Å². The number of pyridine rings is 1. The predicted molar refractivity (Wildman–Crippen MR) is 168 cm³/mol. The van der Waals surface area contributed by atoms with Crippen molar-refractivity contribution in [3.8, 4) is 45.8 Å². The highest BCUT2D eigenvalue weighted by Crippen LogP contribution is 2.42. The number of rotatable bonds is 7. The van der Waals surface area contributed by atoms with E-state index in [-0.39, 0.29) is 28.2 Å². The Kier molecular flexibility index (Phi) is 7.22. The summed E-state index contributed by atoms with van der Waals surface area (Å²) in [6.07, 6.45) is 1.07. The summed E-state index contributed by atoms with van der Waals surface area (Å²) in [7, 11) is 0.608. The van der Waals surface area contributed by atoms with Crippen molar-refractivity contribution in [1.29, 1.82) is 5.26 Å². The van der Waals surface area contributed by atoms with Crippen molar-refractivity contribution in [2.45, 2.75) is 0 Å². The van der Waals surface area contributed by atoms with Crippen LogP contribution in [0.2, 0.25) is 0 Å². The maximum absolute atomic E-state index is 13.7. The largest absolute Gasteiger partial charge is 0.481 e. The zero-order valence-corrected chi connectivity index (χ0v) is 25.3. The lowest BCUT2D eigenvalue weighted by molar-refractivity contribution is 0.0964. The molecule has 0 radical (unpaired) electrons. The van der Waals surface area contributed by atoms with Crippen molar-refractivity contribution in [3.63, 3.8) is 0 Å². The Morgan fingerprint density at radius 1 is 1.04 bits per heavy atom. The fourth-order valence-electron chi connectivity index (χ4n) is 5.07. The summed E-state index contributed by atoms with van der Waals surface area (Å²) in [6, 6.07) is 19.3. The number of anilines is 1. The molecule has 0 bridgehead atoms. The highest BCUT2D eigenvalue weighted by atomic mass is 32.2. The molecule has 13 heteroatoms. The first-order chi connectivity index (χ1) is 21.5. The van der Waals surface area contributed by atoms with Crippen molar-refractivity contribution in [2.24, 2.45) is 0 Å². The number of methoxy groups -OCH3 is 1. The number of hydrogen-bond acceptors (Lipinski definition) is 8. The van der Waals surface area contributed by atoms with E-state index in [0.29, 0.717) is 50.5 Å². The fraction of sp³-hybridized carbons (Fsp3) is 0.125. The number of carbonyl (C=O) groups is 1. The van der Waals surface area contributed by atoms with Crippen LogP contribution in [0.3, 0.4) is 0 Å². The van der Waals surface area contributed by atoms with Crippen LogP contribution in [0.4, 0.5) is 10.1 Å². The molecule has 0 aliphatic carbocycles. The van der Waals surface area contributed by atoms with E-state index in [1.54, 1.807) is 36.4 Å². The number of imidazole rings is 1. The maximum atomic E-state index is 13.7. The number of aromatic amines is 1. The van der Waals surface area contributed by atoms with E-state index in [1.165, 1.54) is 51.5 Å². The lowest BCUT2D eigenvalue weighted by Gasteiger charge is -2.21. The number of H-pyrrole nitrogens is 1. The van der Waals surface area contributed by atoms with Crippen molar-refractivity contribution in [1.82, 2.24) is 20.3 Å². The molecule has 2 N–H and O–H groups in total. The highest BCUT2D eigenvalue weighted by molar-refractivity contribution is 7.92. The van der Waals surface area contributed by atoms with E-state index < -0.39 is 21.7 Å². The van der Waals surface area contributed by atoms with Crippen LogP contribution >= 0.6 is 0 Å². The van der Waals surface area contributed by atoms with Gasteiger partial charge in [-0.25, -0.2) is 17.8 Å². The molecule has 6 rings (SSSR count). The molecule has 1 amide bonds. The zero-order valence-electron chi connectivity index (χ0n) is 24.5. The first kappa shape index (κ1) is 29.3. The molecule has 6 aromatic rings. The van der Waals surface area contributed by atoms with Crippen LogP contribution in [0.5, 0.6) is 5.88 Å². The van der Waals surface area contributed by atoms with Gasteiger partial charge in [0.25, 0.3) is 5.91 Å². The molecule has 45 heavy (non-hydrogen) atoms. The van der Waals surface area contributed by atoms with Gasteiger partial charge < -0.3 is 19.5 Å². The van der Waals surface area contributed by atoms with Crippen LogP contribution in [0.15, 0.2) is 71.1 Å². The standard InChI is InChI=1S/C32H25FN6O5S/c1-35-32(40)28-23-14-22(25(39(2)45(4,41)42)15-26(23)44-29(28)18-5-7-21(33)8-6-18)19-11-17(16-34)12-20(13-19)30-36-24-9-10-27(43-3)37-31(24)38-30/h5-15H,1-4H3,(H,35,40)(H,36,37,38). The van der Waals surface area contributed by atoms with Gasteiger partial charge in [-0.3, -0.25) is 9.10 Å². The van der Waals surface area contributed by atoms with Gasteiger partial charge in [-0.2, -0.15) is 10.2 Å². The summed E-state index contributed by atoms with van der Waals surface area (Å²) in [5.74, 6) is 0.0891. The van der Waals surface area contributed by atoms with Gasteiger partial charge in [-0.05, 0) is 60.2 Å². The minimum atomic E-state index is -3.77. The van der Waals surface area contributed by atoms with Crippen molar-refractivity contribution >= 4 is 43.8 Å². The average Bonchev–Trinajstić information content (AvgIpc) is 3.64. The van der Waals surface area contributed by atoms with Crippen LogP contribution in [0.25, 0.3) is 56.0 Å². The predicted octanol–water partition coefficient (Wildman–Crippen LogP) is 5.48. The molecule has 3 aromatic carbocycles. The number of nitrogens with zero attached hydrogens (tertiary/aromatic N) is 4. The average molecular weight is 625 g/mol. The minimum Gasteiger partial charge on any atom is -0.481 e. The van der Waals surface area contributed by atoms with Gasteiger partial charge >= 0.3 is 0 Å².